The number of esters is 1. The highest BCUT2D eigenvalue weighted by atomic mass is 35.5. The van der Waals surface area contributed by atoms with Gasteiger partial charge in [-0.3, -0.25) is 4.79 Å². The minimum Gasteiger partial charge on any atom is -0.459 e. The lowest BCUT2D eigenvalue weighted by molar-refractivity contribution is -0.159. The average Bonchev–Trinajstić information content (AvgIpc) is 2.64. The first-order valence-electron chi connectivity index (χ1n) is 5.94. The van der Waals surface area contributed by atoms with E-state index in [1.165, 1.54) is 12.8 Å². The summed E-state index contributed by atoms with van der Waals surface area (Å²) >= 11 is 5.80. The maximum Gasteiger partial charge on any atom is 0.306 e. The summed E-state index contributed by atoms with van der Waals surface area (Å²) in [5.41, 5.74) is -0.146. The first-order valence-corrected chi connectivity index (χ1v) is 6.37. The standard InChI is InChI=1S/C12H21ClO2/c1-3-12(8-4-5-9-12)15-11(14)7-6-10(2)13/h10H,3-9H2,1-2H3. The molecule has 0 aromatic heterocycles. The van der Waals surface area contributed by atoms with Crippen molar-refractivity contribution in [3.63, 3.8) is 0 Å². The first kappa shape index (κ1) is 12.8. The Morgan fingerprint density at radius 3 is 2.53 bits per heavy atom. The summed E-state index contributed by atoms with van der Waals surface area (Å²) < 4.78 is 5.60. The van der Waals surface area contributed by atoms with Crippen LogP contribution in [0.4, 0.5) is 0 Å². The molecule has 88 valence electrons. The zero-order valence-electron chi connectivity index (χ0n) is 9.72. The molecule has 15 heavy (non-hydrogen) atoms. The Kier molecular flexibility index (Phi) is 4.91. The molecular weight excluding hydrogens is 212 g/mol. The topological polar surface area (TPSA) is 26.3 Å². The molecule has 3 heteroatoms. The quantitative estimate of drug-likeness (QED) is 0.534. The van der Waals surface area contributed by atoms with E-state index in [0.29, 0.717) is 12.8 Å². The molecule has 0 saturated heterocycles. The third kappa shape index (κ3) is 4.02. The molecule has 1 rings (SSSR count). The van der Waals surface area contributed by atoms with E-state index >= 15 is 0 Å². The summed E-state index contributed by atoms with van der Waals surface area (Å²) in [6.07, 6.45) is 6.54. The number of rotatable bonds is 5. The predicted molar refractivity (Wildman–Crippen MR) is 62.1 cm³/mol. The molecule has 1 unspecified atom stereocenters. The molecule has 0 bridgehead atoms. The van der Waals surface area contributed by atoms with E-state index in [1.807, 2.05) is 6.92 Å². The van der Waals surface area contributed by atoms with E-state index in [0.717, 1.165) is 19.3 Å². The Bertz CT molecular complexity index is 208. The number of alkyl halides is 1. The lowest BCUT2D eigenvalue weighted by atomic mass is 9.99. The van der Waals surface area contributed by atoms with Crippen LogP contribution >= 0.6 is 11.6 Å². The van der Waals surface area contributed by atoms with Crippen LogP contribution in [0, 0.1) is 0 Å². The SMILES string of the molecule is CCC1(OC(=O)CCC(C)Cl)CCCC1. The Morgan fingerprint density at radius 2 is 2.07 bits per heavy atom. The minimum atomic E-state index is -0.146. The Labute approximate surface area is 97.3 Å². The van der Waals surface area contributed by atoms with E-state index in [-0.39, 0.29) is 16.9 Å². The monoisotopic (exact) mass is 232 g/mol. The number of carbonyl (C=O) groups is 1. The van der Waals surface area contributed by atoms with Gasteiger partial charge in [0.15, 0.2) is 0 Å². The number of carbonyl (C=O) groups excluding carboxylic acids is 1. The fraction of sp³-hybridized carbons (Fsp3) is 0.917. The van der Waals surface area contributed by atoms with Gasteiger partial charge in [-0.05, 0) is 45.4 Å². The molecule has 1 fully saturated rings. The predicted octanol–water partition coefficient (Wildman–Crippen LogP) is 3.66. The van der Waals surface area contributed by atoms with Crippen LogP contribution in [0.1, 0.15) is 58.8 Å². The lowest BCUT2D eigenvalue weighted by Gasteiger charge is -2.27. The fourth-order valence-corrected chi connectivity index (χ4v) is 2.27. The molecule has 0 aromatic carbocycles. The highest BCUT2D eigenvalue weighted by Crippen LogP contribution is 2.36. The van der Waals surface area contributed by atoms with Gasteiger partial charge in [0, 0.05) is 11.8 Å². The van der Waals surface area contributed by atoms with Crippen molar-refractivity contribution >= 4 is 17.6 Å². The maximum absolute atomic E-state index is 11.6. The second-order valence-corrected chi connectivity index (χ2v) is 5.28. The largest absolute Gasteiger partial charge is 0.459 e. The van der Waals surface area contributed by atoms with Crippen molar-refractivity contribution in [2.75, 3.05) is 0 Å². The molecule has 0 heterocycles. The molecule has 1 aliphatic carbocycles. The molecule has 0 N–H and O–H groups in total. The van der Waals surface area contributed by atoms with Gasteiger partial charge in [-0.2, -0.15) is 0 Å². The van der Waals surface area contributed by atoms with Crippen molar-refractivity contribution in [3.05, 3.63) is 0 Å². The van der Waals surface area contributed by atoms with E-state index in [1.54, 1.807) is 0 Å². The Hall–Kier alpha value is -0.240. The van der Waals surface area contributed by atoms with Gasteiger partial charge in [0.2, 0.25) is 0 Å². The van der Waals surface area contributed by atoms with Crippen LogP contribution in [0.25, 0.3) is 0 Å². The van der Waals surface area contributed by atoms with Crippen molar-refractivity contribution in [3.8, 4) is 0 Å². The summed E-state index contributed by atoms with van der Waals surface area (Å²) in [5, 5.41) is 0.0544. The molecule has 1 saturated carbocycles. The van der Waals surface area contributed by atoms with Gasteiger partial charge < -0.3 is 4.74 Å². The molecule has 1 aliphatic rings. The van der Waals surface area contributed by atoms with Crippen LogP contribution in [0.3, 0.4) is 0 Å². The molecule has 0 aromatic rings. The summed E-state index contributed by atoms with van der Waals surface area (Å²) in [6.45, 7) is 4.00. The van der Waals surface area contributed by atoms with Crippen LogP contribution in [0.2, 0.25) is 0 Å². The third-order valence-corrected chi connectivity index (χ3v) is 3.45. The van der Waals surface area contributed by atoms with Gasteiger partial charge in [0.05, 0.1) is 0 Å². The molecule has 0 amide bonds. The number of halogens is 1. The number of ether oxygens (including phenoxy) is 1. The summed E-state index contributed by atoms with van der Waals surface area (Å²) in [6, 6.07) is 0. The van der Waals surface area contributed by atoms with Gasteiger partial charge in [-0.15, -0.1) is 11.6 Å². The van der Waals surface area contributed by atoms with Gasteiger partial charge in [0.1, 0.15) is 5.60 Å². The minimum absolute atomic E-state index is 0.0544. The number of hydrogen-bond acceptors (Lipinski definition) is 2. The highest BCUT2D eigenvalue weighted by Gasteiger charge is 2.35. The Balaban J connectivity index is 2.35. The lowest BCUT2D eigenvalue weighted by Crippen LogP contribution is -2.31. The van der Waals surface area contributed by atoms with Crippen molar-refractivity contribution in [2.45, 2.75) is 69.8 Å². The zero-order valence-corrected chi connectivity index (χ0v) is 10.5. The molecule has 0 radical (unpaired) electrons. The fourth-order valence-electron chi connectivity index (χ4n) is 2.16. The maximum atomic E-state index is 11.6. The van der Waals surface area contributed by atoms with Gasteiger partial charge >= 0.3 is 5.97 Å². The van der Waals surface area contributed by atoms with Crippen LogP contribution in [-0.4, -0.2) is 16.9 Å². The second-order valence-electron chi connectivity index (χ2n) is 4.54. The highest BCUT2D eigenvalue weighted by molar-refractivity contribution is 6.20. The molecule has 1 atom stereocenters. The number of hydrogen-bond donors (Lipinski definition) is 0. The van der Waals surface area contributed by atoms with E-state index in [4.69, 9.17) is 16.3 Å². The average molecular weight is 233 g/mol. The van der Waals surface area contributed by atoms with Crippen molar-refractivity contribution in [1.29, 1.82) is 0 Å². The van der Waals surface area contributed by atoms with E-state index < -0.39 is 0 Å². The zero-order chi connectivity index (χ0) is 11.3. The molecular formula is C12H21ClO2. The smallest absolute Gasteiger partial charge is 0.306 e. The van der Waals surface area contributed by atoms with Gasteiger partial charge in [0.25, 0.3) is 0 Å². The first-order chi connectivity index (χ1) is 7.08. The van der Waals surface area contributed by atoms with Crippen LogP contribution in [-0.2, 0) is 9.53 Å². The normalized spacial score (nSPS) is 21.3. The second kappa shape index (κ2) is 5.74. The molecule has 0 aliphatic heterocycles. The van der Waals surface area contributed by atoms with Crippen molar-refractivity contribution < 1.29 is 9.53 Å². The van der Waals surface area contributed by atoms with Crippen LogP contribution < -0.4 is 0 Å². The van der Waals surface area contributed by atoms with Gasteiger partial charge in [-0.25, -0.2) is 0 Å². The van der Waals surface area contributed by atoms with Crippen LogP contribution in [0.5, 0.6) is 0 Å². The third-order valence-electron chi connectivity index (χ3n) is 3.24. The summed E-state index contributed by atoms with van der Waals surface area (Å²) in [4.78, 5) is 11.6. The van der Waals surface area contributed by atoms with Gasteiger partial charge in [-0.1, -0.05) is 6.92 Å². The van der Waals surface area contributed by atoms with Crippen molar-refractivity contribution in [1.82, 2.24) is 0 Å². The molecule has 0 spiro atoms. The van der Waals surface area contributed by atoms with E-state index in [2.05, 4.69) is 6.92 Å². The summed E-state index contributed by atoms with van der Waals surface area (Å²) in [7, 11) is 0. The van der Waals surface area contributed by atoms with E-state index in [9.17, 15) is 4.79 Å². The molecule has 2 nitrogen and oxygen atoms in total. The van der Waals surface area contributed by atoms with Crippen LogP contribution in [0.15, 0.2) is 0 Å². The Morgan fingerprint density at radius 1 is 1.47 bits per heavy atom. The summed E-state index contributed by atoms with van der Waals surface area (Å²) in [5.74, 6) is -0.0775. The van der Waals surface area contributed by atoms with Crippen molar-refractivity contribution in [2.24, 2.45) is 0 Å².